The van der Waals surface area contributed by atoms with Gasteiger partial charge in [-0.25, -0.2) is 0 Å². The minimum Gasteiger partial charge on any atom is -0.496 e. The Morgan fingerprint density at radius 2 is 1.97 bits per heavy atom. The van der Waals surface area contributed by atoms with Gasteiger partial charge >= 0.3 is 0 Å². The van der Waals surface area contributed by atoms with Crippen molar-refractivity contribution in [2.24, 2.45) is 5.41 Å². The van der Waals surface area contributed by atoms with Gasteiger partial charge in [0.2, 0.25) is 5.91 Å². The Morgan fingerprint density at radius 1 is 1.17 bits per heavy atom. The van der Waals surface area contributed by atoms with Crippen molar-refractivity contribution in [3.05, 3.63) is 28.8 Å². The summed E-state index contributed by atoms with van der Waals surface area (Å²) in [4.78, 5) is 17.2. The number of rotatable bonds is 5. The fourth-order valence-electron chi connectivity index (χ4n) is 5.38. The second-order valence-corrected chi connectivity index (χ2v) is 9.36. The molecule has 0 N–H and O–H groups in total. The number of nitrogens with zero attached hydrogens (tertiary/aromatic N) is 2. The Morgan fingerprint density at radius 3 is 2.66 bits per heavy atom. The summed E-state index contributed by atoms with van der Waals surface area (Å²) in [5, 5.41) is 0. The minimum atomic E-state index is 0.260. The summed E-state index contributed by atoms with van der Waals surface area (Å²) in [5.41, 5.74) is 4.30. The molecular formula is C24H36N2O3. The van der Waals surface area contributed by atoms with E-state index in [4.69, 9.17) is 9.47 Å². The molecule has 5 nitrogen and oxygen atoms in total. The Balaban J connectivity index is 1.35. The molecule has 160 valence electrons. The standard InChI is InChI=1S/C24H36N2O3/c1-18-19(2)22(28-3)7-6-20(18)15-25-12-10-24(11-13-25)9-8-23(27)26(17-24)16-21-5-4-14-29-21/h6-7,21H,4-5,8-17H2,1-3H3/t21-/m1/s1. The number of piperidine rings is 2. The van der Waals surface area contributed by atoms with Gasteiger partial charge in [-0.05, 0) is 87.2 Å². The van der Waals surface area contributed by atoms with Gasteiger partial charge in [0.25, 0.3) is 0 Å². The first-order chi connectivity index (χ1) is 14.0. The van der Waals surface area contributed by atoms with Crippen molar-refractivity contribution in [1.29, 1.82) is 0 Å². The summed E-state index contributed by atoms with van der Waals surface area (Å²) < 4.78 is 11.2. The quantitative estimate of drug-likeness (QED) is 0.756. The van der Waals surface area contributed by atoms with Crippen LogP contribution in [0.1, 0.15) is 55.2 Å². The lowest BCUT2D eigenvalue weighted by atomic mass is 9.72. The zero-order valence-corrected chi connectivity index (χ0v) is 18.3. The van der Waals surface area contributed by atoms with Crippen LogP contribution in [0.4, 0.5) is 0 Å². The molecule has 0 radical (unpaired) electrons. The number of amides is 1. The third-order valence-corrected chi connectivity index (χ3v) is 7.58. The summed E-state index contributed by atoms with van der Waals surface area (Å²) in [6.07, 6.45) is 6.65. The van der Waals surface area contributed by atoms with Crippen LogP contribution in [0, 0.1) is 19.3 Å². The molecule has 0 unspecified atom stereocenters. The molecule has 1 amide bonds. The number of methoxy groups -OCH3 is 1. The van der Waals surface area contributed by atoms with Crippen molar-refractivity contribution in [2.45, 2.75) is 65.0 Å². The van der Waals surface area contributed by atoms with Crippen molar-refractivity contribution in [3.8, 4) is 5.75 Å². The molecule has 0 aliphatic carbocycles. The molecule has 3 aliphatic rings. The van der Waals surface area contributed by atoms with Gasteiger partial charge in [-0.3, -0.25) is 9.69 Å². The highest BCUT2D eigenvalue weighted by Crippen LogP contribution is 2.41. The van der Waals surface area contributed by atoms with Crippen LogP contribution in [0.15, 0.2) is 12.1 Å². The van der Waals surface area contributed by atoms with Crippen LogP contribution in [-0.2, 0) is 16.1 Å². The first-order valence-corrected chi connectivity index (χ1v) is 11.2. The van der Waals surface area contributed by atoms with E-state index < -0.39 is 0 Å². The fraction of sp³-hybridized carbons (Fsp3) is 0.708. The van der Waals surface area contributed by atoms with Crippen LogP contribution >= 0.6 is 0 Å². The second-order valence-electron chi connectivity index (χ2n) is 9.36. The number of ether oxygens (including phenoxy) is 2. The Hall–Kier alpha value is -1.59. The van der Waals surface area contributed by atoms with Crippen LogP contribution in [0.2, 0.25) is 0 Å². The number of hydrogen-bond donors (Lipinski definition) is 0. The monoisotopic (exact) mass is 400 g/mol. The van der Waals surface area contributed by atoms with E-state index in [2.05, 4.69) is 35.8 Å². The lowest BCUT2D eigenvalue weighted by molar-refractivity contribution is -0.141. The number of likely N-dealkylation sites (tertiary alicyclic amines) is 2. The molecule has 0 bridgehead atoms. The average Bonchev–Trinajstić information content (AvgIpc) is 3.24. The Labute approximate surface area is 175 Å². The maximum Gasteiger partial charge on any atom is 0.222 e. The first-order valence-electron chi connectivity index (χ1n) is 11.2. The molecule has 0 saturated carbocycles. The van der Waals surface area contributed by atoms with E-state index in [1.165, 1.54) is 29.5 Å². The van der Waals surface area contributed by atoms with Gasteiger partial charge < -0.3 is 14.4 Å². The summed E-state index contributed by atoms with van der Waals surface area (Å²) in [7, 11) is 1.74. The van der Waals surface area contributed by atoms with Crippen LogP contribution in [-0.4, -0.2) is 61.7 Å². The number of carbonyl (C=O) groups excluding carboxylic acids is 1. The SMILES string of the molecule is COc1ccc(CN2CCC3(CCC(=O)N(C[C@H]4CCCO4)C3)CC2)c(C)c1C. The maximum atomic E-state index is 12.5. The third-order valence-electron chi connectivity index (χ3n) is 7.58. The number of carbonyl (C=O) groups is 1. The van der Waals surface area contributed by atoms with Crippen molar-refractivity contribution < 1.29 is 14.3 Å². The van der Waals surface area contributed by atoms with E-state index in [0.29, 0.717) is 17.7 Å². The van der Waals surface area contributed by atoms with Gasteiger partial charge in [-0.2, -0.15) is 0 Å². The van der Waals surface area contributed by atoms with Gasteiger partial charge in [-0.15, -0.1) is 0 Å². The highest BCUT2D eigenvalue weighted by atomic mass is 16.5. The molecule has 1 spiro atoms. The molecule has 4 rings (SSSR count). The molecule has 1 aromatic carbocycles. The van der Waals surface area contributed by atoms with Crippen LogP contribution in [0.25, 0.3) is 0 Å². The highest BCUT2D eigenvalue weighted by Gasteiger charge is 2.41. The topological polar surface area (TPSA) is 42.0 Å². The third kappa shape index (κ3) is 4.46. The largest absolute Gasteiger partial charge is 0.496 e. The molecule has 29 heavy (non-hydrogen) atoms. The predicted octanol–water partition coefficient (Wildman–Crippen LogP) is 3.70. The molecule has 5 heteroatoms. The van der Waals surface area contributed by atoms with Crippen molar-refractivity contribution >= 4 is 5.91 Å². The van der Waals surface area contributed by atoms with Crippen molar-refractivity contribution in [2.75, 3.05) is 39.9 Å². The molecular weight excluding hydrogens is 364 g/mol. The molecule has 3 aliphatic heterocycles. The lowest BCUT2D eigenvalue weighted by Crippen LogP contribution is -2.52. The number of hydrogen-bond acceptors (Lipinski definition) is 4. The molecule has 1 aromatic rings. The van der Waals surface area contributed by atoms with E-state index >= 15 is 0 Å². The molecule has 3 fully saturated rings. The predicted molar refractivity (Wildman–Crippen MR) is 114 cm³/mol. The highest BCUT2D eigenvalue weighted by molar-refractivity contribution is 5.77. The van der Waals surface area contributed by atoms with Gasteiger partial charge in [0, 0.05) is 32.7 Å². The summed E-state index contributed by atoms with van der Waals surface area (Å²) in [5.74, 6) is 1.31. The maximum absolute atomic E-state index is 12.5. The van der Waals surface area contributed by atoms with Gasteiger partial charge in [0.1, 0.15) is 5.75 Å². The Kier molecular flexibility index (Phi) is 6.16. The molecule has 3 saturated heterocycles. The van der Waals surface area contributed by atoms with E-state index in [0.717, 1.165) is 64.3 Å². The molecule has 0 aromatic heterocycles. The lowest BCUT2D eigenvalue weighted by Gasteiger charge is -2.48. The average molecular weight is 401 g/mol. The summed E-state index contributed by atoms with van der Waals surface area (Å²) in [6.45, 7) is 10.2. The first kappa shape index (κ1) is 20.7. The molecule has 1 atom stereocenters. The Bertz CT molecular complexity index is 734. The fourth-order valence-corrected chi connectivity index (χ4v) is 5.38. The number of benzene rings is 1. The summed E-state index contributed by atoms with van der Waals surface area (Å²) in [6, 6.07) is 4.31. The minimum absolute atomic E-state index is 0.260. The molecule has 3 heterocycles. The normalized spacial score (nSPS) is 25.0. The zero-order valence-electron chi connectivity index (χ0n) is 18.3. The summed E-state index contributed by atoms with van der Waals surface area (Å²) >= 11 is 0. The van der Waals surface area contributed by atoms with Gasteiger partial charge in [0.05, 0.1) is 13.2 Å². The van der Waals surface area contributed by atoms with E-state index in [9.17, 15) is 4.79 Å². The van der Waals surface area contributed by atoms with Crippen LogP contribution in [0.5, 0.6) is 5.75 Å². The van der Waals surface area contributed by atoms with Crippen molar-refractivity contribution in [1.82, 2.24) is 9.80 Å². The second kappa shape index (κ2) is 8.65. The van der Waals surface area contributed by atoms with E-state index in [-0.39, 0.29) is 6.10 Å². The van der Waals surface area contributed by atoms with Crippen LogP contribution in [0.3, 0.4) is 0 Å². The van der Waals surface area contributed by atoms with Gasteiger partial charge in [-0.1, -0.05) is 6.07 Å². The van der Waals surface area contributed by atoms with Crippen LogP contribution < -0.4 is 4.74 Å². The van der Waals surface area contributed by atoms with Gasteiger partial charge in [0.15, 0.2) is 0 Å². The smallest absolute Gasteiger partial charge is 0.222 e. The zero-order chi connectivity index (χ0) is 20.4. The van der Waals surface area contributed by atoms with Crippen molar-refractivity contribution in [3.63, 3.8) is 0 Å². The van der Waals surface area contributed by atoms with E-state index in [1.54, 1.807) is 7.11 Å². The van der Waals surface area contributed by atoms with E-state index in [1.807, 2.05) is 0 Å².